The van der Waals surface area contributed by atoms with Crippen LogP contribution in [0.2, 0.25) is 0 Å². The van der Waals surface area contributed by atoms with Crippen LogP contribution in [0.15, 0.2) is 24.3 Å². The van der Waals surface area contributed by atoms with E-state index in [0.29, 0.717) is 12.0 Å². The van der Waals surface area contributed by atoms with E-state index in [2.05, 4.69) is 44.7 Å². The van der Waals surface area contributed by atoms with Gasteiger partial charge in [0.25, 0.3) is 0 Å². The molecule has 147 valence electrons. The molecule has 0 unspecified atom stereocenters. The van der Waals surface area contributed by atoms with Crippen LogP contribution in [0.25, 0.3) is 0 Å². The van der Waals surface area contributed by atoms with Crippen molar-refractivity contribution in [1.29, 1.82) is 0 Å². The van der Waals surface area contributed by atoms with Gasteiger partial charge in [-0.3, -0.25) is 0 Å². The molecule has 1 N–H and O–H groups in total. The number of piperidine rings is 1. The predicted octanol–water partition coefficient (Wildman–Crippen LogP) is 5.58. The van der Waals surface area contributed by atoms with Crippen molar-refractivity contribution >= 4 is 0 Å². The van der Waals surface area contributed by atoms with Gasteiger partial charge in [0, 0.05) is 51.8 Å². The van der Waals surface area contributed by atoms with Gasteiger partial charge in [0.05, 0.1) is 13.2 Å². The fraction of sp³-hybridized carbons (Fsp3) is 0.714. The molecule has 1 aromatic carbocycles. The summed E-state index contributed by atoms with van der Waals surface area (Å²) >= 11 is 0. The molecule has 0 bridgehead atoms. The number of ether oxygens (including phenoxy) is 1. The van der Waals surface area contributed by atoms with E-state index in [9.17, 15) is 5.11 Å². The Labute approximate surface area is 183 Å². The first-order valence-electron chi connectivity index (χ1n) is 8.00. The maximum Gasteiger partial charge on any atom is 0.119 e. The molecule has 1 aliphatic heterocycles. The number of hydrogen-bond donors (Lipinski definition) is 1. The second kappa shape index (κ2) is 17.5. The summed E-state index contributed by atoms with van der Waals surface area (Å²) in [5.41, 5.74) is 1.32. The van der Waals surface area contributed by atoms with E-state index in [0.717, 1.165) is 31.7 Å². The minimum Gasteiger partial charge on any atom is -0.497 e. The normalized spacial score (nSPS) is 14.1. The predicted molar refractivity (Wildman–Crippen MR) is 109 cm³/mol. The summed E-state index contributed by atoms with van der Waals surface area (Å²) in [6.45, 7) is 10.9. The summed E-state index contributed by atoms with van der Waals surface area (Å²) in [5, 5.41) is 9.18. The number of methoxy groups -OCH3 is 1. The van der Waals surface area contributed by atoms with Crippen LogP contribution in [-0.2, 0) is 32.7 Å². The Morgan fingerprint density at radius 2 is 1.56 bits per heavy atom. The molecule has 3 nitrogen and oxygen atoms in total. The number of nitrogens with zero attached hydrogens (tertiary/aromatic N) is 1. The topological polar surface area (TPSA) is 32.7 Å². The average Bonchev–Trinajstić information content (AvgIpc) is 2.48. The zero-order chi connectivity index (χ0) is 15.8. The summed E-state index contributed by atoms with van der Waals surface area (Å²) in [7, 11) is 1.69. The van der Waals surface area contributed by atoms with Gasteiger partial charge in [-0.05, 0) is 50.3 Å². The molecule has 25 heavy (non-hydrogen) atoms. The molecule has 1 saturated heterocycles. The Morgan fingerprint density at radius 1 is 1.04 bits per heavy atom. The Hall–Kier alpha value is 0.0439. The smallest absolute Gasteiger partial charge is 0.119 e. The third kappa shape index (κ3) is 12.9. The standard InChI is InChI=1S/C10H14O.C8H17NO.3CH4.Y/c1-8(2)9-5-4-6-10(7-9)11-3;1-7(2)9-5-3-8(10)4-6-9;;;;/h4-8H,1-3H3;7-8,10H,3-6H2,1-2H3;3*1H4;. The molecule has 1 heterocycles. The molecular weight excluding hydrogens is 387 g/mol. The van der Waals surface area contributed by atoms with Crippen molar-refractivity contribution in [2.24, 2.45) is 0 Å². The molecule has 0 atom stereocenters. The molecule has 1 aromatic rings. The first-order chi connectivity index (χ1) is 9.93. The van der Waals surface area contributed by atoms with Gasteiger partial charge in [-0.25, -0.2) is 0 Å². The monoisotopic (exact) mass is 430 g/mol. The zero-order valence-electron chi connectivity index (χ0n) is 14.7. The molecule has 0 amide bonds. The molecule has 0 aliphatic carbocycles. The quantitative estimate of drug-likeness (QED) is 0.680. The minimum absolute atomic E-state index is 0. The largest absolute Gasteiger partial charge is 0.497 e. The van der Waals surface area contributed by atoms with Gasteiger partial charge in [0.2, 0.25) is 0 Å². The molecule has 0 saturated carbocycles. The number of aliphatic hydroxyl groups is 1. The van der Waals surface area contributed by atoms with Gasteiger partial charge >= 0.3 is 0 Å². The summed E-state index contributed by atoms with van der Waals surface area (Å²) in [5.74, 6) is 1.52. The maximum absolute atomic E-state index is 9.18. The van der Waals surface area contributed by atoms with E-state index in [1.807, 2.05) is 12.1 Å². The Kier molecular flexibility index (Phi) is 22.8. The summed E-state index contributed by atoms with van der Waals surface area (Å²) in [4.78, 5) is 2.41. The summed E-state index contributed by atoms with van der Waals surface area (Å²) in [6.07, 6.45) is 1.88. The molecule has 1 fully saturated rings. The van der Waals surface area contributed by atoms with E-state index in [-0.39, 0.29) is 61.1 Å². The number of hydrogen-bond acceptors (Lipinski definition) is 3. The van der Waals surface area contributed by atoms with Crippen LogP contribution in [0.5, 0.6) is 5.75 Å². The van der Waals surface area contributed by atoms with Gasteiger partial charge in [0.15, 0.2) is 0 Å². The Morgan fingerprint density at radius 3 is 1.96 bits per heavy atom. The van der Waals surface area contributed by atoms with Crippen molar-refractivity contribution in [2.45, 2.75) is 80.9 Å². The number of aliphatic hydroxyl groups excluding tert-OH is 1. The molecule has 0 aromatic heterocycles. The van der Waals surface area contributed by atoms with E-state index >= 15 is 0 Å². The van der Waals surface area contributed by atoms with Crippen molar-refractivity contribution in [1.82, 2.24) is 4.90 Å². The van der Waals surface area contributed by atoms with Gasteiger partial charge in [-0.2, -0.15) is 0 Å². The van der Waals surface area contributed by atoms with Crippen LogP contribution in [0.4, 0.5) is 0 Å². The van der Waals surface area contributed by atoms with E-state index < -0.39 is 0 Å². The second-order valence-corrected chi connectivity index (χ2v) is 6.29. The van der Waals surface area contributed by atoms with Crippen molar-refractivity contribution in [3.63, 3.8) is 0 Å². The Balaban J connectivity index is -0.000000152. The van der Waals surface area contributed by atoms with Crippen molar-refractivity contribution in [3.8, 4) is 5.75 Å². The SMILES string of the molecule is C.C.C.CC(C)N1CCC(O)CC1.COc1cccc(C(C)C)c1.[Y]. The van der Waals surface area contributed by atoms with Crippen molar-refractivity contribution in [3.05, 3.63) is 29.8 Å². The Bertz CT molecular complexity index is 403. The van der Waals surface area contributed by atoms with Crippen molar-refractivity contribution in [2.75, 3.05) is 20.2 Å². The van der Waals surface area contributed by atoms with Crippen LogP contribution in [-0.4, -0.2) is 42.4 Å². The summed E-state index contributed by atoms with van der Waals surface area (Å²) < 4.78 is 5.11. The van der Waals surface area contributed by atoms with Crippen LogP contribution >= 0.6 is 0 Å². The number of likely N-dealkylation sites (tertiary alicyclic amines) is 1. The van der Waals surface area contributed by atoms with Crippen molar-refractivity contribution < 1.29 is 42.6 Å². The average molecular weight is 430 g/mol. The fourth-order valence-corrected chi connectivity index (χ4v) is 2.40. The zero-order valence-corrected chi connectivity index (χ0v) is 17.6. The summed E-state index contributed by atoms with van der Waals surface area (Å²) in [6, 6.07) is 8.82. The fourth-order valence-electron chi connectivity index (χ4n) is 2.40. The van der Waals surface area contributed by atoms with Crippen LogP contribution < -0.4 is 4.74 Å². The van der Waals surface area contributed by atoms with E-state index in [4.69, 9.17) is 4.74 Å². The van der Waals surface area contributed by atoms with E-state index in [1.165, 1.54) is 5.56 Å². The molecular formula is C21H43NO2Y. The first-order valence-corrected chi connectivity index (χ1v) is 8.00. The third-order valence-corrected chi connectivity index (χ3v) is 3.99. The third-order valence-electron chi connectivity index (χ3n) is 3.99. The number of benzene rings is 1. The maximum atomic E-state index is 9.18. The van der Waals surface area contributed by atoms with E-state index in [1.54, 1.807) is 7.11 Å². The minimum atomic E-state index is -0.0324. The second-order valence-electron chi connectivity index (χ2n) is 6.29. The van der Waals surface area contributed by atoms with Gasteiger partial charge in [-0.15, -0.1) is 0 Å². The van der Waals surface area contributed by atoms with Gasteiger partial charge < -0.3 is 14.7 Å². The first kappa shape index (κ1) is 32.7. The molecule has 1 radical (unpaired) electrons. The van der Waals surface area contributed by atoms with Gasteiger partial charge in [-0.1, -0.05) is 48.3 Å². The number of rotatable bonds is 3. The molecule has 4 heteroatoms. The van der Waals surface area contributed by atoms with Gasteiger partial charge in [0.1, 0.15) is 5.75 Å². The molecule has 1 aliphatic rings. The van der Waals surface area contributed by atoms with Crippen LogP contribution in [0.3, 0.4) is 0 Å². The van der Waals surface area contributed by atoms with Crippen LogP contribution in [0.1, 0.15) is 74.3 Å². The van der Waals surface area contributed by atoms with Crippen LogP contribution in [0, 0.1) is 0 Å². The molecule has 0 spiro atoms. The molecule has 2 rings (SSSR count).